The van der Waals surface area contributed by atoms with Gasteiger partial charge in [-0.1, -0.05) is 60.1 Å². The number of nitrogens with zero attached hydrogens (tertiary/aromatic N) is 3. The highest BCUT2D eigenvalue weighted by Crippen LogP contribution is 2.30. The molecule has 1 N–H and O–H groups in total. The van der Waals surface area contributed by atoms with E-state index in [1.165, 1.54) is 6.42 Å². The summed E-state index contributed by atoms with van der Waals surface area (Å²) in [6, 6.07) is 17.9. The molecule has 1 aromatic heterocycles. The number of benzene rings is 3. The largest absolute Gasteiger partial charge is 0.315 e. The second-order valence-corrected chi connectivity index (χ2v) is 11.2. The summed E-state index contributed by atoms with van der Waals surface area (Å²) in [5.41, 5.74) is 3.71. The van der Waals surface area contributed by atoms with Crippen LogP contribution in [0, 0.1) is 5.92 Å². The van der Waals surface area contributed by atoms with Crippen LogP contribution in [0.15, 0.2) is 60.7 Å². The maximum absolute atomic E-state index is 13.2. The van der Waals surface area contributed by atoms with E-state index in [0.717, 1.165) is 42.5 Å². The molecule has 4 aromatic rings. The van der Waals surface area contributed by atoms with E-state index in [9.17, 15) is 9.59 Å². The van der Waals surface area contributed by atoms with Crippen LogP contribution in [0.3, 0.4) is 0 Å². The minimum Gasteiger partial charge on any atom is -0.315 e. The first kappa shape index (κ1) is 27.5. The summed E-state index contributed by atoms with van der Waals surface area (Å²) in [6.45, 7) is 0.518. The van der Waals surface area contributed by atoms with Crippen LogP contribution in [0.25, 0.3) is 11.0 Å². The fourth-order valence-electron chi connectivity index (χ4n) is 5.13. The van der Waals surface area contributed by atoms with E-state index in [1.807, 2.05) is 41.9 Å². The molecule has 1 saturated carbocycles. The highest BCUT2D eigenvalue weighted by atomic mass is 35.5. The lowest BCUT2D eigenvalue weighted by Crippen LogP contribution is -2.33. The van der Waals surface area contributed by atoms with Gasteiger partial charge in [0.15, 0.2) is 0 Å². The first-order valence-electron chi connectivity index (χ1n) is 13.1. The van der Waals surface area contributed by atoms with Crippen LogP contribution in [-0.4, -0.2) is 28.4 Å². The number of rotatable bonds is 7. The van der Waals surface area contributed by atoms with Gasteiger partial charge < -0.3 is 9.47 Å². The molecule has 6 nitrogen and oxygen atoms in total. The molecule has 0 aliphatic heterocycles. The lowest BCUT2D eigenvalue weighted by molar-refractivity contribution is -0.123. The number of hydrogen-bond acceptors (Lipinski definition) is 3. The topological polar surface area (TPSA) is 67.2 Å². The molecular formula is C30H29Cl3N4O2. The van der Waals surface area contributed by atoms with Crippen molar-refractivity contribution in [3.8, 4) is 0 Å². The maximum Gasteiger partial charge on any atom is 0.257 e. The molecule has 0 atom stereocenters. The average Bonchev–Trinajstić information content (AvgIpc) is 3.28. The van der Waals surface area contributed by atoms with E-state index in [1.54, 1.807) is 35.2 Å². The van der Waals surface area contributed by atoms with Gasteiger partial charge >= 0.3 is 0 Å². The molecule has 1 fully saturated rings. The summed E-state index contributed by atoms with van der Waals surface area (Å²) < 4.78 is 1.96. The number of nitrogens with one attached hydrogen (secondary N) is 1. The molecule has 0 unspecified atom stereocenters. The number of carbonyl (C=O) groups excluding carboxylic acids is 2. The number of fused-ring (bicyclic) bond motifs is 1. The quantitative estimate of drug-likeness (QED) is 0.239. The van der Waals surface area contributed by atoms with Crippen molar-refractivity contribution in [2.75, 3.05) is 17.3 Å². The number of amides is 2. The Morgan fingerprint density at radius 1 is 0.949 bits per heavy atom. The van der Waals surface area contributed by atoms with Gasteiger partial charge in [-0.15, -0.1) is 0 Å². The van der Waals surface area contributed by atoms with Crippen LogP contribution in [0.4, 0.5) is 11.6 Å². The van der Waals surface area contributed by atoms with Gasteiger partial charge in [-0.3, -0.25) is 14.9 Å². The van der Waals surface area contributed by atoms with Crippen molar-refractivity contribution in [2.45, 2.75) is 45.1 Å². The fraction of sp³-hybridized carbons (Fsp3) is 0.300. The van der Waals surface area contributed by atoms with Gasteiger partial charge in [-0.25, -0.2) is 4.98 Å². The Balaban J connectivity index is 1.46. The van der Waals surface area contributed by atoms with Crippen LogP contribution in [0.5, 0.6) is 0 Å². The molecule has 1 heterocycles. The molecule has 1 aliphatic rings. The van der Waals surface area contributed by atoms with Crippen molar-refractivity contribution in [3.63, 3.8) is 0 Å². The molecule has 9 heteroatoms. The van der Waals surface area contributed by atoms with Crippen LogP contribution < -0.4 is 10.2 Å². The standard InChI is InChI=1S/C30H29Cl3N4O2/c1-36(29(39)21-5-3-2-4-6-21)24-13-14-27-26(18-24)34-30(35-28(38)20-8-10-22(31)11-9-20)37(27)16-15-19-7-12-23(32)17-25(19)33/h7-14,17-18,21H,2-6,15-16H2,1H3,(H,34,35,38). The summed E-state index contributed by atoms with van der Waals surface area (Å²) in [6.07, 6.45) is 5.88. The summed E-state index contributed by atoms with van der Waals surface area (Å²) in [4.78, 5) is 32.7. The maximum atomic E-state index is 13.2. The van der Waals surface area contributed by atoms with Gasteiger partial charge in [0.2, 0.25) is 11.9 Å². The van der Waals surface area contributed by atoms with E-state index >= 15 is 0 Å². The smallest absolute Gasteiger partial charge is 0.257 e. The number of anilines is 2. The number of imidazole rings is 1. The van der Waals surface area contributed by atoms with Crippen LogP contribution in [-0.2, 0) is 17.8 Å². The zero-order valence-electron chi connectivity index (χ0n) is 21.6. The zero-order valence-corrected chi connectivity index (χ0v) is 23.9. The van der Waals surface area contributed by atoms with E-state index in [2.05, 4.69) is 5.32 Å². The van der Waals surface area contributed by atoms with Crippen molar-refractivity contribution in [1.29, 1.82) is 0 Å². The molecule has 0 spiro atoms. The zero-order chi connectivity index (χ0) is 27.5. The lowest BCUT2D eigenvalue weighted by atomic mass is 9.88. The Morgan fingerprint density at radius 3 is 2.38 bits per heavy atom. The number of aryl methyl sites for hydroxylation is 2. The number of aromatic nitrogens is 2. The SMILES string of the molecule is CN(C(=O)C1CCCCC1)c1ccc2c(c1)nc(NC(=O)c1ccc(Cl)cc1)n2CCc1ccc(Cl)cc1Cl. The Hall–Kier alpha value is -3.06. The second kappa shape index (κ2) is 12.0. The van der Waals surface area contributed by atoms with Crippen LogP contribution >= 0.6 is 34.8 Å². The van der Waals surface area contributed by atoms with Crippen molar-refractivity contribution >= 4 is 69.3 Å². The van der Waals surface area contributed by atoms with E-state index in [4.69, 9.17) is 39.8 Å². The first-order chi connectivity index (χ1) is 18.8. The summed E-state index contributed by atoms with van der Waals surface area (Å²) in [5.74, 6) is 0.323. The van der Waals surface area contributed by atoms with Crippen molar-refractivity contribution in [2.24, 2.45) is 5.92 Å². The fourth-order valence-corrected chi connectivity index (χ4v) is 5.76. The molecule has 3 aromatic carbocycles. The highest BCUT2D eigenvalue weighted by Gasteiger charge is 2.25. The summed E-state index contributed by atoms with van der Waals surface area (Å²) in [5, 5.41) is 4.67. The predicted molar refractivity (Wildman–Crippen MR) is 159 cm³/mol. The third kappa shape index (κ3) is 6.24. The molecular weight excluding hydrogens is 555 g/mol. The van der Waals surface area contributed by atoms with Crippen molar-refractivity contribution in [1.82, 2.24) is 9.55 Å². The third-order valence-corrected chi connectivity index (χ3v) is 8.19. The molecule has 0 radical (unpaired) electrons. The molecule has 0 saturated heterocycles. The summed E-state index contributed by atoms with van der Waals surface area (Å²) in [7, 11) is 1.82. The summed E-state index contributed by atoms with van der Waals surface area (Å²) >= 11 is 18.5. The third-order valence-electron chi connectivity index (χ3n) is 7.36. The number of hydrogen-bond donors (Lipinski definition) is 1. The van der Waals surface area contributed by atoms with Gasteiger partial charge in [-0.2, -0.15) is 0 Å². The molecule has 0 bridgehead atoms. The minimum absolute atomic E-state index is 0.0651. The number of carbonyl (C=O) groups is 2. The second-order valence-electron chi connectivity index (χ2n) is 9.94. The monoisotopic (exact) mass is 582 g/mol. The first-order valence-corrected chi connectivity index (χ1v) is 14.2. The highest BCUT2D eigenvalue weighted by molar-refractivity contribution is 6.35. The Bertz CT molecular complexity index is 1510. The average molecular weight is 584 g/mol. The van der Waals surface area contributed by atoms with Gasteiger partial charge in [0.25, 0.3) is 5.91 Å². The molecule has 202 valence electrons. The van der Waals surface area contributed by atoms with Crippen molar-refractivity contribution in [3.05, 3.63) is 86.9 Å². The van der Waals surface area contributed by atoms with Gasteiger partial charge in [0, 0.05) is 45.8 Å². The van der Waals surface area contributed by atoms with Crippen molar-refractivity contribution < 1.29 is 9.59 Å². The predicted octanol–water partition coefficient (Wildman–Crippen LogP) is 8.03. The van der Waals surface area contributed by atoms with E-state index in [0.29, 0.717) is 45.1 Å². The van der Waals surface area contributed by atoms with Gasteiger partial charge in [0.1, 0.15) is 0 Å². The Labute approximate surface area is 242 Å². The van der Waals surface area contributed by atoms with Crippen LogP contribution in [0.1, 0.15) is 48.0 Å². The minimum atomic E-state index is -0.294. The molecule has 1 aliphatic carbocycles. The van der Waals surface area contributed by atoms with Gasteiger partial charge in [0.05, 0.1) is 11.0 Å². The van der Waals surface area contributed by atoms with E-state index < -0.39 is 0 Å². The lowest BCUT2D eigenvalue weighted by Gasteiger charge is -2.26. The Morgan fingerprint density at radius 2 is 1.67 bits per heavy atom. The van der Waals surface area contributed by atoms with Crippen LogP contribution in [0.2, 0.25) is 15.1 Å². The Kier molecular flexibility index (Phi) is 8.46. The molecule has 39 heavy (non-hydrogen) atoms. The molecule has 2 amide bonds. The van der Waals surface area contributed by atoms with Gasteiger partial charge in [-0.05, 0) is 79.4 Å². The molecule has 5 rings (SSSR count). The van der Waals surface area contributed by atoms with E-state index in [-0.39, 0.29) is 17.7 Å². The normalized spacial score (nSPS) is 13.9. The number of halogens is 3.